The molecule has 2 aliphatic rings. The molecule has 0 spiro atoms. The van der Waals surface area contributed by atoms with Crippen molar-refractivity contribution in [1.82, 2.24) is 14.5 Å². The van der Waals surface area contributed by atoms with Crippen molar-refractivity contribution in [3.05, 3.63) is 29.7 Å². The summed E-state index contributed by atoms with van der Waals surface area (Å²) in [4.78, 5) is 23.5. The maximum Gasteiger partial charge on any atom is 0.434 e. The lowest BCUT2D eigenvalue weighted by Gasteiger charge is -2.18. The fourth-order valence-electron chi connectivity index (χ4n) is 2.92. The second kappa shape index (κ2) is 6.34. The van der Waals surface area contributed by atoms with E-state index in [1.54, 1.807) is 6.07 Å². The van der Waals surface area contributed by atoms with Crippen molar-refractivity contribution in [3.8, 4) is 17.0 Å². The predicted molar refractivity (Wildman–Crippen MR) is 92.7 cm³/mol. The standard InChI is InChI=1S/C16H15FN4O5S/c1-26-16(24)21-11(6-10(18-21)8-2-3-8)9-4-5-12(22)15(14(9)17)20-7-13(23)19-27(20)25/h4-6,8,22H,2-3,7H2,1H3,(H,19,23). The molecular formula is C16H15FN4O5S. The van der Waals surface area contributed by atoms with Gasteiger partial charge in [-0.15, -0.1) is 0 Å². The average Bonchev–Trinajstić information content (AvgIpc) is 3.31. The molecule has 0 radical (unpaired) electrons. The Morgan fingerprint density at radius 1 is 1.44 bits per heavy atom. The smallest absolute Gasteiger partial charge is 0.434 e. The highest BCUT2D eigenvalue weighted by molar-refractivity contribution is 7.85. The Hall–Kier alpha value is -2.95. The number of hydrogen-bond acceptors (Lipinski definition) is 6. The number of carbonyl (C=O) groups excluding carboxylic acids is 2. The molecule has 2 fully saturated rings. The van der Waals surface area contributed by atoms with Crippen molar-refractivity contribution in [1.29, 1.82) is 0 Å². The molecule has 1 atom stereocenters. The van der Waals surface area contributed by atoms with Crippen LogP contribution in [-0.2, 0) is 20.7 Å². The summed E-state index contributed by atoms with van der Waals surface area (Å²) in [5, 5.41) is 14.3. The molecule has 0 bridgehead atoms. The molecule has 1 aliphatic carbocycles. The number of phenols is 1. The lowest BCUT2D eigenvalue weighted by Crippen LogP contribution is -2.24. The van der Waals surface area contributed by atoms with Crippen molar-refractivity contribution in [2.24, 2.45) is 0 Å². The number of benzene rings is 1. The molecule has 1 saturated carbocycles. The van der Waals surface area contributed by atoms with Gasteiger partial charge in [0.05, 0.1) is 18.5 Å². The van der Waals surface area contributed by atoms with Crippen molar-refractivity contribution in [2.45, 2.75) is 18.8 Å². The van der Waals surface area contributed by atoms with Crippen LogP contribution in [0.15, 0.2) is 18.2 Å². The molecule has 142 valence electrons. The highest BCUT2D eigenvalue weighted by Crippen LogP contribution is 2.42. The average molecular weight is 394 g/mol. The molecule has 2 heterocycles. The number of amides is 1. The van der Waals surface area contributed by atoms with Crippen LogP contribution in [-0.4, -0.2) is 44.8 Å². The summed E-state index contributed by atoms with van der Waals surface area (Å²) in [6.45, 7) is -0.371. The minimum atomic E-state index is -2.02. The molecule has 1 amide bonds. The maximum atomic E-state index is 15.3. The third kappa shape index (κ3) is 2.93. The molecule has 2 N–H and O–H groups in total. The minimum absolute atomic E-state index is 0.0380. The molecule has 1 aromatic carbocycles. The number of aromatic hydroxyl groups is 1. The van der Waals surface area contributed by atoms with Crippen LogP contribution in [0.2, 0.25) is 0 Å². The van der Waals surface area contributed by atoms with Crippen molar-refractivity contribution in [3.63, 3.8) is 0 Å². The summed E-state index contributed by atoms with van der Waals surface area (Å²) in [6, 6.07) is 4.09. The first-order valence-electron chi connectivity index (χ1n) is 8.09. The van der Waals surface area contributed by atoms with Gasteiger partial charge in [0.2, 0.25) is 11.2 Å². The number of aromatic nitrogens is 2. The van der Waals surface area contributed by atoms with E-state index >= 15 is 4.39 Å². The van der Waals surface area contributed by atoms with E-state index in [4.69, 9.17) is 4.74 Å². The molecule has 1 unspecified atom stereocenters. The van der Waals surface area contributed by atoms with Crippen LogP contribution >= 0.6 is 0 Å². The van der Waals surface area contributed by atoms with Gasteiger partial charge >= 0.3 is 6.09 Å². The molecule has 1 saturated heterocycles. The Morgan fingerprint density at radius 2 is 2.19 bits per heavy atom. The number of ether oxygens (including phenoxy) is 1. The summed E-state index contributed by atoms with van der Waals surface area (Å²) < 4.78 is 36.0. The molecule has 1 aromatic heterocycles. The van der Waals surface area contributed by atoms with Crippen LogP contribution in [0, 0.1) is 5.82 Å². The molecule has 9 nitrogen and oxygen atoms in total. The van der Waals surface area contributed by atoms with Crippen LogP contribution in [0.25, 0.3) is 11.3 Å². The summed E-state index contributed by atoms with van der Waals surface area (Å²) in [5.41, 5.74) is 0.358. The van der Waals surface area contributed by atoms with Crippen molar-refractivity contribution in [2.75, 3.05) is 18.0 Å². The van der Waals surface area contributed by atoms with Gasteiger partial charge in [-0.25, -0.2) is 13.4 Å². The Labute approximate surface area is 155 Å². The molecule has 4 rings (SSSR count). The van der Waals surface area contributed by atoms with E-state index in [1.807, 2.05) is 0 Å². The quantitative estimate of drug-likeness (QED) is 0.814. The zero-order valence-electron chi connectivity index (χ0n) is 14.1. The second-order valence-electron chi connectivity index (χ2n) is 6.22. The van der Waals surface area contributed by atoms with Gasteiger partial charge in [0.15, 0.2) is 5.82 Å². The second-order valence-corrected chi connectivity index (χ2v) is 7.36. The molecular weight excluding hydrogens is 379 g/mol. The molecule has 27 heavy (non-hydrogen) atoms. The topological polar surface area (TPSA) is 114 Å². The highest BCUT2D eigenvalue weighted by Gasteiger charge is 2.34. The van der Waals surface area contributed by atoms with E-state index < -0.39 is 40.4 Å². The van der Waals surface area contributed by atoms with Gasteiger partial charge in [0.1, 0.15) is 18.0 Å². The number of halogens is 1. The zero-order chi connectivity index (χ0) is 19.3. The predicted octanol–water partition coefficient (Wildman–Crippen LogP) is 1.40. The van der Waals surface area contributed by atoms with Gasteiger partial charge in [-0.1, -0.05) is 0 Å². The largest absolute Gasteiger partial charge is 0.506 e. The van der Waals surface area contributed by atoms with Gasteiger partial charge in [0.25, 0.3) is 5.91 Å². The van der Waals surface area contributed by atoms with Crippen LogP contribution in [0.1, 0.15) is 24.5 Å². The monoisotopic (exact) mass is 394 g/mol. The fourth-order valence-corrected chi connectivity index (χ4v) is 3.86. The number of nitrogens with zero attached hydrogens (tertiary/aromatic N) is 3. The normalized spacial score (nSPS) is 19.3. The lowest BCUT2D eigenvalue weighted by atomic mass is 10.1. The summed E-state index contributed by atoms with van der Waals surface area (Å²) in [7, 11) is 1.19. The van der Waals surface area contributed by atoms with Gasteiger partial charge in [-0.3, -0.25) is 13.8 Å². The Bertz CT molecular complexity index is 987. The molecule has 11 heteroatoms. The van der Waals surface area contributed by atoms with Gasteiger partial charge < -0.3 is 9.84 Å². The van der Waals surface area contributed by atoms with Crippen LogP contribution < -0.4 is 9.03 Å². The molecule has 2 aromatic rings. The van der Waals surface area contributed by atoms with Gasteiger partial charge in [-0.2, -0.15) is 9.78 Å². The van der Waals surface area contributed by atoms with Crippen LogP contribution in [0.4, 0.5) is 14.9 Å². The number of anilines is 1. The number of nitrogens with one attached hydrogen (secondary N) is 1. The van der Waals surface area contributed by atoms with E-state index in [9.17, 15) is 18.9 Å². The van der Waals surface area contributed by atoms with Crippen LogP contribution in [0.3, 0.4) is 0 Å². The summed E-state index contributed by atoms with van der Waals surface area (Å²) >= 11 is -2.02. The summed E-state index contributed by atoms with van der Waals surface area (Å²) in [5.74, 6) is -1.75. The fraction of sp³-hybridized carbons (Fsp3) is 0.312. The number of rotatable bonds is 3. The van der Waals surface area contributed by atoms with Crippen LogP contribution in [0.5, 0.6) is 5.75 Å². The first-order valence-corrected chi connectivity index (χ1v) is 9.20. The van der Waals surface area contributed by atoms with Gasteiger partial charge in [0, 0.05) is 11.5 Å². The first-order chi connectivity index (χ1) is 12.9. The van der Waals surface area contributed by atoms with E-state index in [0.717, 1.165) is 21.8 Å². The van der Waals surface area contributed by atoms with E-state index in [0.29, 0.717) is 5.69 Å². The van der Waals surface area contributed by atoms with Gasteiger partial charge in [-0.05, 0) is 31.0 Å². The SMILES string of the molecule is COC(=O)n1nc(C2CC2)cc1-c1ccc(O)c(N2CC(=O)NS2=O)c1F. The Kier molecular flexibility index (Phi) is 4.10. The highest BCUT2D eigenvalue weighted by atomic mass is 32.2. The number of carbonyl (C=O) groups is 2. The minimum Gasteiger partial charge on any atom is -0.506 e. The number of methoxy groups -OCH3 is 1. The van der Waals surface area contributed by atoms with E-state index in [1.165, 1.54) is 19.2 Å². The van der Waals surface area contributed by atoms with E-state index in [2.05, 4.69) is 9.82 Å². The number of hydrogen-bond donors (Lipinski definition) is 2. The zero-order valence-corrected chi connectivity index (χ0v) is 15.0. The Morgan fingerprint density at radius 3 is 2.78 bits per heavy atom. The third-order valence-corrected chi connectivity index (χ3v) is 5.49. The van der Waals surface area contributed by atoms with Crippen molar-refractivity contribution < 1.29 is 28.0 Å². The maximum absolute atomic E-state index is 15.3. The first kappa shape index (κ1) is 17.5. The summed E-state index contributed by atoms with van der Waals surface area (Å²) in [6.07, 6.45) is 1.08. The number of phenolic OH excluding ortho intramolecular Hbond substituents is 1. The third-order valence-electron chi connectivity index (χ3n) is 4.38. The molecule has 1 aliphatic heterocycles. The van der Waals surface area contributed by atoms with E-state index in [-0.39, 0.29) is 23.7 Å². The van der Waals surface area contributed by atoms with Crippen molar-refractivity contribution >= 4 is 28.9 Å². The Balaban J connectivity index is 1.86. The lowest BCUT2D eigenvalue weighted by molar-refractivity contribution is -0.117.